The van der Waals surface area contributed by atoms with E-state index in [1.54, 1.807) is 7.11 Å². The number of nitrogens with two attached hydrogens (primary N) is 1. The molecule has 0 heterocycles. The molecule has 1 rings (SSSR count). The van der Waals surface area contributed by atoms with Crippen LogP contribution in [0.25, 0.3) is 0 Å². The van der Waals surface area contributed by atoms with E-state index in [2.05, 4.69) is 46.0 Å². The normalized spacial score (nSPS) is 11.7. The average Bonchev–Trinajstić information content (AvgIpc) is 2.33. The molecule has 3 N–H and O–H groups in total. The van der Waals surface area contributed by atoms with Gasteiger partial charge in [-0.25, -0.2) is 0 Å². The third kappa shape index (κ3) is 3.48. The summed E-state index contributed by atoms with van der Waals surface area (Å²) in [4.78, 5) is 0. The molecule has 108 valence electrons. The number of hydrogen-bond acceptors (Lipinski definition) is 3. The Morgan fingerprint density at radius 1 is 1.21 bits per heavy atom. The lowest BCUT2D eigenvalue weighted by Crippen LogP contribution is -2.36. The highest BCUT2D eigenvalue weighted by atomic mass is 16.5. The highest BCUT2D eigenvalue weighted by Gasteiger charge is 2.27. The zero-order valence-corrected chi connectivity index (χ0v) is 13.2. The maximum atomic E-state index is 5.68. The molecule has 0 bridgehead atoms. The van der Waals surface area contributed by atoms with Gasteiger partial charge >= 0.3 is 0 Å². The summed E-state index contributed by atoms with van der Waals surface area (Å²) in [6.45, 7) is 13.3. The van der Waals surface area contributed by atoms with Gasteiger partial charge in [-0.05, 0) is 37.5 Å². The van der Waals surface area contributed by atoms with E-state index in [-0.39, 0.29) is 5.41 Å². The van der Waals surface area contributed by atoms with Gasteiger partial charge in [-0.3, -0.25) is 0 Å². The highest BCUT2D eigenvalue weighted by Crippen LogP contribution is 2.37. The van der Waals surface area contributed by atoms with Crippen LogP contribution in [0, 0.1) is 20.8 Å². The number of benzene rings is 1. The standard InChI is InChI=1S/C16H28N2O/c1-11-9-12(2)14(15(19-6)13(11)3)16(4,5)10-18-8-7-17/h9,18H,7-8,10,17H2,1-6H3. The van der Waals surface area contributed by atoms with Gasteiger partial charge in [0.05, 0.1) is 7.11 Å². The van der Waals surface area contributed by atoms with Crippen LogP contribution in [0.2, 0.25) is 0 Å². The minimum absolute atomic E-state index is 0.0169. The zero-order valence-electron chi connectivity index (χ0n) is 13.2. The number of nitrogens with one attached hydrogen (secondary N) is 1. The molecular weight excluding hydrogens is 236 g/mol. The summed E-state index contributed by atoms with van der Waals surface area (Å²) in [5.41, 5.74) is 10.7. The Hall–Kier alpha value is -1.06. The summed E-state index contributed by atoms with van der Waals surface area (Å²) in [7, 11) is 1.76. The third-order valence-corrected chi connectivity index (χ3v) is 3.76. The molecule has 3 nitrogen and oxygen atoms in total. The SMILES string of the molecule is COc1c(C)c(C)cc(C)c1C(C)(C)CNCCN. The van der Waals surface area contributed by atoms with Crippen LogP contribution in [0.1, 0.15) is 36.1 Å². The van der Waals surface area contributed by atoms with Gasteiger partial charge in [0, 0.05) is 30.6 Å². The Bertz CT molecular complexity index is 439. The molecule has 0 fully saturated rings. The van der Waals surface area contributed by atoms with Crippen molar-refractivity contribution in [3.05, 3.63) is 28.3 Å². The van der Waals surface area contributed by atoms with Crippen molar-refractivity contribution in [2.75, 3.05) is 26.7 Å². The van der Waals surface area contributed by atoms with Crippen molar-refractivity contribution in [1.82, 2.24) is 5.32 Å². The highest BCUT2D eigenvalue weighted by molar-refractivity contribution is 5.53. The fourth-order valence-electron chi connectivity index (χ4n) is 2.74. The number of methoxy groups -OCH3 is 1. The van der Waals surface area contributed by atoms with Crippen molar-refractivity contribution in [3.63, 3.8) is 0 Å². The molecule has 0 aliphatic rings. The topological polar surface area (TPSA) is 47.3 Å². The molecule has 0 aliphatic heterocycles. The molecule has 0 saturated carbocycles. The van der Waals surface area contributed by atoms with E-state index < -0.39 is 0 Å². The molecule has 1 aromatic carbocycles. The second kappa shape index (κ2) is 6.40. The number of ether oxygens (including phenoxy) is 1. The minimum Gasteiger partial charge on any atom is -0.496 e. The molecule has 0 aliphatic carbocycles. The molecule has 0 radical (unpaired) electrons. The van der Waals surface area contributed by atoms with Gasteiger partial charge in [-0.1, -0.05) is 19.9 Å². The summed E-state index contributed by atoms with van der Waals surface area (Å²) in [6, 6.07) is 2.25. The van der Waals surface area contributed by atoms with Crippen molar-refractivity contribution in [1.29, 1.82) is 0 Å². The van der Waals surface area contributed by atoms with Crippen LogP contribution in [0.5, 0.6) is 5.75 Å². The van der Waals surface area contributed by atoms with Gasteiger partial charge in [-0.15, -0.1) is 0 Å². The van der Waals surface area contributed by atoms with Crippen LogP contribution in [-0.2, 0) is 5.41 Å². The summed E-state index contributed by atoms with van der Waals surface area (Å²) in [5.74, 6) is 1.03. The van der Waals surface area contributed by atoms with Crippen LogP contribution in [0.4, 0.5) is 0 Å². The Labute approximate surface area is 117 Å². The predicted molar refractivity (Wildman–Crippen MR) is 82.2 cm³/mol. The first-order valence-corrected chi connectivity index (χ1v) is 6.91. The van der Waals surface area contributed by atoms with E-state index in [0.717, 1.165) is 18.8 Å². The molecule has 1 aromatic rings. The Morgan fingerprint density at radius 3 is 2.37 bits per heavy atom. The quantitative estimate of drug-likeness (QED) is 0.776. The van der Waals surface area contributed by atoms with E-state index in [1.807, 2.05) is 0 Å². The first kappa shape index (κ1) is 16.0. The van der Waals surface area contributed by atoms with Crippen LogP contribution < -0.4 is 15.8 Å². The Kier molecular flexibility index (Phi) is 5.39. The van der Waals surface area contributed by atoms with Crippen molar-refractivity contribution in [2.45, 2.75) is 40.0 Å². The van der Waals surface area contributed by atoms with E-state index in [9.17, 15) is 0 Å². The molecule has 0 spiro atoms. The molecule has 0 amide bonds. The van der Waals surface area contributed by atoms with Crippen LogP contribution in [0.15, 0.2) is 6.07 Å². The first-order valence-electron chi connectivity index (χ1n) is 6.91. The predicted octanol–water partition coefficient (Wildman–Crippen LogP) is 2.45. The molecule has 19 heavy (non-hydrogen) atoms. The van der Waals surface area contributed by atoms with Crippen molar-refractivity contribution in [2.24, 2.45) is 5.73 Å². The maximum absolute atomic E-state index is 5.68. The second-order valence-corrected chi connectivity index (χ2v) is 5.89. The Balaban J connectivity index is 3.21. The van der Waals surface area contributed by atoms with Gasteiger partial charge in [-0.2, -0.15) is 0 Å². The molecule has 0 saturated heterocycles. The van der Waals surface area contributed by atoms with E-state index >= 15 is 0 Å². The fraction of sp³-hybridized carbons (Fsp3) is 0.625. The monoisotopic (exact) mass is 264 g/mol. The number of rotatable bonds is 6. The van der Waals surface area contributed by atoms with Gasteiger partial charge in [0.15, 0.2) is 0 Å². The number of hydrogen-bond donors (Lipinski definition) is 2. The lowest BCUT2D eigenvalue weighted by Gasteiger charge is -2.31. The van der Waals surface area contributed by atoms with Crippen molar-refractivity contribution >= 4 is 0 Å². The molecule has 0 atom stereocenters. The van der Waals surface area contributed by atoms with Gasteiger partial charge in [0.25, 0.3) is 0 Å². The van der Waals surface area contributed by atoms with Crippen molar-refractivity contribution in [3.8, 4) is 5.75 Å². The lowest BCUT2D eigenvalue weighted by molar-refractivity contribution is 0.382. The van der Waals surface area contributed by atoms with Crippen LogP contribution in [-0.4, -0.2) is 26.7 Å². The number of aryl methyl sites for hydroxylation is 2. The van der Waals surface area contributed by atoms with Crippen molar-refractivity contribution < 1.29 is 4.74 Å². The average molecular weight is 264 g/mol. The Morgan fingerprint density at radius 2 is 1.84 bits per heavy atom. The molecule has 0 unspecified atom stereocenters. The van der Waals surface area contributed by atoms with Gasteiger partial charge < -0.3 is 15.8 Å². The van der Waals surface area contributed by atoms with E-state index in [4.69, 9.17) is 10.5 Å². The van der Waals surface area contributed by atoms with E-state index in [1.165, 1.54) is 22.3 Å². The third-order valence-electron chi connectivity index (χ3n) is 3.76. The maximum Gasteiger partial charge on any atom is 0.126 e. The smallest absolute Gasteiger partial charge is 0.126 e. The van der Waals surface area contributed by atoms with Gasteiger partial charge in [0.1, 0.15) is 5.75 Å². The fourth-order valence-corrected chi connectivity index (χ4v) is 2.74. The first-order chi connectivity index (χ1) is 8.85. The summed E-state index contributed by atoms with van der Waals surface area (Å²) in [6.07, 6.45) is 0. The summed E-state index contributed by atoms with van der Waals surface area (Å²) >= 11 is 0. The summed E-state index contributed by atoms with van der Waals surface area (Å²) in [5, 5.41) is 3.41. The molecule has 0 aromatic heterocycles. The van der Waals surface area contributed by atoms with Gasteiger partial charge in [0.2, 0.25) is 0 Å². The summed E-state index contributed by atoms with van der Waals surface area (Å²) < 4.78 is 5.68. The lowest BCUT2D eigenvalue weighted by atomic mass is 9.79. The zero-order chi connectivity index (χ0) is 14.6. The largest absolute Gasteiger partial charge is 0.496 e. The molecule has 3 heteroatoms. The minimum atomic E-state index is 0.0169. The second-order valence-electron chi connectivity index (χ2n) is 5.89. The molecular formula is C16H28N2O. The van der Waals surface area contributed by atoms with Crippen LogP contribution >= 0.6 is 0 Å². The van der Waals surface area contributed by atoms with E-state index in [0.29, 0.717) is 6.54 Å². The van der Waals surface area contributed by atoms with Crippen LogP contribution in [0.3, 0.4) is 0 Å².